The van der Waals surface area contributed by atoms with Crippen LogP contribution < -0.4 is 10.9 Å². The van der Waals surface area contributed by atoms with Gasteiger partial charge in [-0.15, -0.1) is 0 Å². The molecule has 2 unspecified atom stereocenters. The third-order valence-electron chi connectivity index (χ3n) is 3.74. The van der Waals surface area contributed by atoms with Crippen LogP contribution in [0.25, 0.3) is 0 Å². The van der Waals surface area contributed by atoms with Gasteiger partial charge in [0.05, 0.1) is 5.69 Å². The van der Waals surface area contributed by atoms with E-state index in [4.69, 9.17) is 0 Å². The van der Waals surface area contributed by atoms with Gasteiger partial charge < -0.3 is 5.32 Å². The zero-order valence-corrected chi connectivity index (χ0v) is 10.6. The van der Waals surface area contributed by atoms with Crippen LogP contribution in [0.15, 0.2) is 16.9 Å². The van der Waals surface area contributed by atoms with Gasteiger partial charge in [-0.2, -0.15) is 5.10 Å². The molecule has 0 bridgehead atoms. The second-order valence-electron chi connectivity index (χ2n) is 4.91. The first kappa shape index (κ1) is 12.3. The molecule has 0 amide bonds. The SMILES string of the molecule is CNC1CCCC1CCn1nc(C)ccc1=O. The van der Waals surface area contributed by atoms with Crippen molar-refractivity contribution < 1.29 is 0 Å². The maximum Gasteiger partial charge on any atom is 0.266 e. The van der Waals surface area contributed by atoms with Crippen molar-refractivity contribution >= 4 is 0 Å². The van der Waals surface area contributed by atoms with E-state index in [0.717, 1.165) is 18.7 Å². The third kappa shape index (κ3) is 2.94. The summed E-state index contributed by atoms with van der Waals surface area (Å²) in [6, 6.07) is 3.99. The van der Waals surface area contributed by atoms with Gasteiger partial charge in [-0.25, -0.2) is 4.68 Å². The normalized spacial score (nSPS) is 24.1. The lowest BCUT2D eigenvalue weighted by Crippen LogP contribution is -2.31. The summed E-state index contributed by atoms with van der Waals surface area (Å²) < 4.78 is 1.60. The lowest BCUT2D eigenvalue weighted by atomic mass is 10.00. The van der Waals surface area contributed by atoms with E-state index in [1.54, 1.807) is 16.8 Å². The lowest BCUT2D eigenvalue weighted by molar-refractivity contribution is 0.364. The Morgan fingerprint density at radius 3 is 3.06 bits per heavy atom. The highest BCUT2D eigenvalue weighted by Crippen LogP contribution is 2.28. The van der Waals surface area contributed by atoms with E-state index in [1.807, 2.05) is 14.0 Å². The Kier molecular flexibility index (Phi) is 3.94. The van der Waals surface area contributed by atoms with E-state index in [1.165, 1.54) is 19.3 Å². The van der Waals surface area contributed by atoms with Gasteiger partial charge in [0, 0.05) is 18.7 Å². The Bertz CT molecular complexity index is 427. The van der Waals surface area contributed by atoms with E-state index in [2.05, 4.69) is 10.4 Å². The summed E-state index contributed by atoms with van der Waals surface area (Å²) >= 11 is 0. The van der Waals surface area contributed by atoms with Crippen molar-refractivity contribution in [3.8, 4) is 0 Å². The Morgan fingerprint density at radius 2 is 2.29 bits per heavy atom. The Hall–Kier alpha value is -1.16. The van der Waals surface area contributed by atoms with Gasteiger partial charge in [0.25, 0.3) is 5.56 Å². The van der Waals surface area contributed by atoms with Crippen LogP contribution in [0.2, 0.25) is 0 Å². The van der Waals surface area contributed by atoms with E-state index in [0.29, 0.717) is 12.0 Å². The summed E-state index contributed by atoms with van der Waals surface area (Å²) in [7, 11) is 2.03. The minimum Gasteiger partial charge on any atom is -0.317 e. The van der Waals surface area contributed by atoms with Crippen LogP contribution in [0.5, 0.6) is 0 Å². The van der Waals surface area contributed by atoms with Gasteiger partial charge >= 0.3 is 0 Å². The molecule has 2 atom stereocenters. The monoisotopic (exact) mass is 235 g/mol. The van der Waals surface area contributed by atoms with Crippen LogP contribution in [-0.4, -0.2) is 22.9 Å². The quantitative estimate of drug-likeness (QED) is 0.856. The van der Waals surface area contributed by atoms with E-state index in [-0.39, 0.29) is 5.56 Å². The number of aromatic nitrogens is 2. The second kappa shape index (κ2) is 5.45. The minimum atomic E-state index is 0.00889. The van der Waals surface area contributed by atoms with Crippen molar-refractivity contribution in [1.82, 2.24) is 15.1 Å². The fourth-order valence-corrected chi connectivity index (χ4v) is 2.76. The molecule has 0 aliphatic heterocycles. The maximum atomic E-state index is 11.6. The zero-order chi connectivity index (χ0) is 12.3. The van der Waals surface area contributed by atoms with Crippen LogP contribution >= 0.6 is 0 Å². The molecule has 1 aromatic rings. The maximum absolute atomic E-state index is 11.6. The van der Waals surface area contributed by atoms with Crippen LogP contribution in [0, 0.1) is 12.8 Å². The number of nitrogens with zero attached hydrogens (tertiary/aromatic N) is 2. The third-order valence-corrected chi connectivity index (χ3v) is 3.74. The number of aryl methyl sites for hydroxylation is 2. The van der Waals surface area contributed by atoms with Crippen molar-refractivity contribution in [3.05, 3.63) is 28.2 Å². The molecule has 1 N–H and O–H groups in total. The first-order valence-electron chi connectivity index (χ1n) is 6.43. The largest absolute Gasteiger partial charge is 0.317 e. The smallest absolute Gasteiger partial charge is 0.266 e. The second-order valence-corrected chi connectivity index (χ2v) is 4.91. The molecule has 1 heterocycles. The number of hydrogen-bond acceptors (Lipinski definition) is 3. The molecule has 0 saturated heterocycles. The molecule has 4 nitrogen and oxygen atoms in total. The summed E-state index contributed by atoms with van der Waals surface area (Å²) in [4.78, 5) is 11.6. The van der Waals surface area contributed by atoms with Gasteiger partial charge in [-0.05, 0) is 45.2 Å². The molecule has 1 aromatic heterocycles. The van der Waals surface area contributed by atoms with E-state index >= 15 is 0 Å². The van der Waals surface area contributed by atoms with Crippen LogP contribution in [0.1, 0.15) is 31.4 Å². The van der Waals surface area contributed by atoms with Gasteiger partial charge in [0.15, 0.2) is 0 Å². The van der Waals surface area contributed by atoms with Gasteiger partial charge in [-0.3, -0.25) is 4.79 Å². The standard InChI is InChI=1S/C13H21N3O/c1-10-6-7-13(17)16(15-10)9-8-11-4-3-5-12(11)14-2/h6-7,11-12,14H,3-5,8-9H2,1-2H3. The summed E-state index contributed by atoms with van der Waals surface area (Å²) in [5.41, 5.74) is 0.913. The molecule has 1 saturated carbocycles. The van der Waals surface area contributed by atoms with Crippen molar-refractivity contribution in [2.75, 3.05) is 7.05 Å². The lowest BCUT2D eigenvalue weighted by Gasteiger charge is -2.18. The molecular formula is C13H21N3O. The number of hydrogen-bond donors (Lipinski definition) is 1. The van der Waals surface area contributed by atoms with Gasteiger partial charge in [0.1, 0.15) is 0 Å². The molecule has 1 aliphatic rings. The molecule has 1 fully saturated rings. The molecular weight excluding hydrogens is 214 g/mol. The summed E-state index contributed by atoms with van der Waals surface area (Å²) in [5.74, 6) is 0.689. The molecule has 94 valence electrons. The van der Waals surface area contributed by atoms with Crippen molar-refractivity contribution in [3.63, 3.8) is 0 Å². The fourth-order valence-electron chi connectivity index (χ4n) is 2.76. The first-order valence-corrected chi connectivity index (χ1v) is 6.43. The molecule has 17 heavy (non-hydrogen) atoms. The molecule has 4 heteroatoms. The van der Waals surface area contributed by atoms with Crippen LogP contribution in [-0.2, 0) is 6.54 Å². The Balaban J connectivity index is 1.97. The average molecular weight is 235 g/mol. The minimum absolute atomic E-state index is 0.00889. The first-order chi connectivity index (χ1) is 8.20. The van der Waals surface area contributed by atoms with Gasteiger partial charge in [0.2, 0.25) is 0 Å². The number of rotatable bonds is 4. The van der Waals surface area contributed by atoms with Crippen LogP contribution in [0.4, 0.5) is 0 Å². The summed E-state index contributed by atoms with van der Waals surface area (Å²) in [6.07, 6.45) is 4.87. The van der Waals surface area contributed by atoms with E-state index in [9.17, 15) is 4.79 Å². The molecule has 2 rings (SSSR count). The molecule has 0 radical (unpaired) electrons. The predicted molar refractivity (Wildman–Crippen MR) is 68.0 cm³/mol. The predicted octanol–water partition coefficient (Wildman–Crippen LogP) is 1.33. The zero-order valence-electron chi connectivity index (χ0n) is 10.6. The Morgan fingerprint density at radius 1 is 1.47 bits per heavy atom. The van der Waals surface area contributed by atoms with E-state index < -0.39 is 0 Å². The molecule has 0 spiro atoms. The Labute approximate surface area is 102 Å². The van der Waals surface area contributed by atoms with Crippen molar-refractivity contribution in [1.29, 1.82) is 0 Å². The topological polar surface area (TPSA) is 46.9 Å². The highest BCUT2D eigenvalue weighted by molar-refractivity contribution is 4.97. The highest BCUT2D eigenvalue weighted by atomic mass is 16.1. The molecule has 1 aliphatic carbocycles. The number of nitrogens with one attached hydrogen (secondary N) is 1. The van der Waals surface area contributed by atoms with Crippen molar-refractivity contribution in [2.24, 2.45) is 5.92 Å². The van der Waals surface area contributed by atoms with Crippen molar-refractivity contribution in [2.45, 2.75) is 45.2 Å². The highest BCUT2D eigenvalue weighted by Gasteiger charge is 2.25. The van der Waals surface area contributed by atoms with Gasteiger partial charge in [-0.1, -0.05) is 6.42 Å². The van der Waals surface area contributed by atoms with Crippen LogP contribution in [0.3, 0.4) is 0 Å². The summed E-state index contributed by atoms with van der Waals surface area (Å²) in [5, 5.41) is 7.64. The fraction of sp³-hybridized carbons (Fsp3) is 0.692. The summed E-state index contributed by atoms with van der Waals surface area (Å²) in [6.45, 7) is 2.66. The average Bonchev–Trinajstić information content (AvgIpc) is 2.77. The molecule has 0 aromatic carbocycles.